The molecule has 0 fully saturated rings. The van der Waals surface area contributed by atoms with Gasteiger partial charge < -0.3 is 20.7 Å². The Morgan fingerprint density at radius 1 is 0.872 bits per heavy atom. The van der Waals surface area contributed by atoms with Gasteiger partial charge in [0.05, 0.1) is 6.33 Å². The van der Waals surface area contributed by atoms with Gasteiger partial charge in [0.2, 0.25) is 11.8 Å². The minimum Gasteiger partial charge on any atom is -0.480 e. The highest BCUT2D eigenvalue weighted by molar-refractivity contribution is 8.13. The maximum atomic E-state index is 13.1. The number of carbonyl (C=O) groups excluding carboxylic acids is 3. The fraction of sp³-hybridized carbons (Fsp3) is 0.552. The van der Waals surface area contributed by atoms with Crippen LogP contribution in [0.1, 0.15) is 82.4 Å². The molecule has 0 aliphatic rings. The van der Waals surface area contributed by atoms with Crippen molar-refractivity contribution < 1.29 is 24.3 Å². The summed E-state index contributed by atoms with van der Waals surface area (Å²) in [7, 11) is 0. The van der Waals surface area contributed by atoms with E-state index < -0.39 is 24.0 Å². The van der Waals surface area contributed by atoms with E-state index in [1.54, 1.807) is 13.1 Å². The number of unbranched alkanes of at least 4 members (excludes halogenated alkanes) is 8. The molecule has 2 aromatic rings. The maximum absolute atomic E-state index is 13.1. The number of carbonyl (C=O) groups is 4. The third-order valence-corrected chi connectivity index (χ3v) is 7.28. The van der Waals surface area contributed by atoms with Crippen molar-refractivity contribution >= 4 is 34.7 Å². The zero-order valence-corrected chi connectivity index (χ0v) is 23.6. The van der Waals surface area contributed by atoms with Crippen LogP contribution < -0.4 is 10.6 Å². The van der Waals surface area contributed by atoms with Crippen LogP contribution in [0, 0.1) is 0 Å². The number of amides is 2. The summed E-state index contributed by atoms with van der Waals surface area (Å²) in [6, 6.07) is 7.07. The number of carboxylic acid groups (broad SMARTS) is 1. The second-order valence-electron chi connectivity index (χ2n) is 9.76. The lowest BCUT2D eigenvalue weighted by Gasteiger charge is -2.21. The summed E-state index contributed by atoms with van der Waals surface area (Å²) in [5, 5.41) is 15.2. The van der Waals surface area contributed by atoms with E-state index in [9.17, 15) is 24.3 Å². The van der Waals surface area contributed by atoms with Crippen LogP contribution in [0.5, 0.6) is 0 Å². The molecule has 0 aliphatic heterocycles. The highest BCUT2D eigenvalue weighted by Gasteiger charge is 2.27. The van der Waals surface area contributed by atoms with Crippen molar-refractivity contribution in [1.82, 2.24) is 20.6 Å². The van der Waals surface area contributed by atoms with E-state index in [1.807, 2.05) is 30.3 Å². The lowest BCUT2D eigenvalue weighted by Crippen LogP contribution is -2.53. The molecule has 0 unspecified atom stereocenters. The summed E-state index contributed by atoms with van der Waals surface area (Å²) < 4.78 is 0. The number of benzene rings is 1. The second kappa shape index (κ2) is 19.0. The van der Waals surface area contributed by atoms with Gasteiger partial charge in [-0.3, -0.25) is 14.4 Å². The van der Waals surface area contributed by atoms with Crippen LogP contribution in [0.25, 0.3) is 0 Å². The van der Waals surface area contributed by atoms with Crippen LogP contribution >= 0.6 is 11.8 Å². The van der Waals surface area contributed by atoms with Crippen LogP contribution in [0.3, 0.4) is 0 Å². The summed E-state index contributed by atoms with van der Waals surface area (Å²) >= 11 is 1.40. The van der Waals surface area contributed by atoms with Gasteiger partial charge in [0.1, 0.15) is 12.1 Å². The maximum Gasteiger partial charge on any atom is 0.326 e. The molecule has 1 heterocycles. The van der Waals surface area contributed by atoms with Crippen molar-refractivity contribution in [2.24, 2.45) is 0 Å². The number of aliphatic carboxylic acids is 1. The van der Waals surface area contributed by atoms with Crippen molar-refractivity contribution in [3.05, 3.63) is 54.1 Å². The number of aromatic nitrogens is 2. The Balaban J connectivity index is 1.72. The van der Waals surface area contributed by atoms with Crippen LogP contribution in [-0.2, 0) is 32.0 Å². The number of carboxylic acids is 1. The Morgan fingerprint density at radius 2 is 1.51 bits per heavy atom. The smallest absolute Gasteiger partial charge is 0.326 e. The molecule has 0 saturated heterocycles. The first-order valence-corrected chi connectivity index (χ1v) is 14.8. The van der Waals surface area contributed by atoms with Gasteiger partial charge >= 0.3 is 5.97 Å². The van der Waals surface area contributed by atoms with Gasteiger partial charge in [-0.05, 0) is 18.4 Å². The normalized spacial score (nSPS) is 12.4. The molecule has 0 spiro atoms. The number of rotatable bonds is 20. The molecule has 2 atom stereocenters. The van der Waals surface area contributed by atoms with E-state index in [4.69, 9.17) is 0 Å². The molecule has 10 heteroatoms. The number of H-pyrrole nitrogens is 1. The Labute approximate surface area is 235 Å². The first-order chi connectivity index (χ1) is 18.8. The molecular weight excluding hydrogens is 516 g/mol. The third kappa shape index (κ3) is 14.6. The number of nitrogens with one attached hydrogen (secondary N) is 3. The lowest BCUT2D eigenvalue weighted by molar-refractivity contribution is -0.142. The molecule has 0 saturated carbocycles. The van der Waals surface area contributed by atoms with E-state index in [0.717, 1.165) is 49.8 Å². The molecule has 39 heavy (non-hydrogen) atoms. The summed E-state index contributed by atoms with van der Waals surface area (Å²) in [5.74, 6) is -0.990. The van der Waals surface area contributed by atoms with Crippen molar-refractivity contribution in [3.63, 3.8) is 0 Å². The molecule has 2 rings (SSSR count). The number of hydrogen-bond acceptors (Lipinski definition) is 6. The SMILES string of the molecule is CC(=O)SCCCCCCCCCCCC(=O)N[C@@H](Cc1cnc[nH]1)C(=O)N[C@@H](Cc1ccccc1)C(=O)O. The molecule has 214 valence electrons. The Morgan fingerprint density at radius 3 is 2.10 bits per heavy atom. The average molecular weight is 559 g/mol. The fourth-order valence-electron chi connectivity index (χ4n) is 4.26. The van der Waals surface area contributed by atoms with Crippen molar-refractivity contribution in [1.29, 1.82) is 0 Å². The summed E-state index contributed by atoms with van der Waals surface area (Å²) in [5.41, 5.74) is 1.46. The Hall–Kier alpha value is -3.14. The number of aromatic amines is 1. The molecule has 9 nitrogen and oxygen atoms in total. The van der Waals surface area contributed by atoms with Crippen molar-refractivity contribution in [2.45, 2.75) is 96.1 Å². The minimum absolute atomic E-state index is 0.144. The average Bonchev–Trinajstić information content (AvgIpc) is 3.42. The van der Waals surface area contributed by atoms with Crippen LogP contribution in [0.2, 0.25) is 0 Å². The number of thioether (sulfide) groups is 1. The largest absolute Gasteiger partial charge is 0.480 e. The van der Waals surface area contributed by atoms with E-state index in [-0.39, 0.29) is 23.9 Å². The van der Waals surface area contributed by atoms with Crippen LogP contribution in [0.4, 0.5) is 0 Å². The molecule has 0 aliphatic carbocycles. The lowest BCUT2D eigenvalue weighted by atomic mass is 10.0. The molecule has 1 aromatic heterocycles. The number of nitrogens with zero attached hydrogens (tertiary/aromatic N) is 1. The van der Waals surface area contributed by atoms with E-state index in [0.29, 0.717) is 12.1 Å². The highest BCUT2D eigenvalue weighted by atomic mass is 32.2. The van der Waals surface area contributed by atoms with Gasteiger partial charge in [0.15, 0.2) is 5.12 Å². The van der Waals surface area contributed by atoms with Gasteiger partial charge in [-0.1, -0.05) is 87.0 Å². The monoisotopic (exact) mass is 558 g/mol. The van der Waals surface area contributed by atoms with E-state index in [1.165, 1.54) is 37.4 Å². The van der Waals surface area contributed by atoms with Gasteiger partial charge in [-0.15, -0.1) is 0 Å². The van der Waals surface area contributed by atoms with Gasteiger partial charge in [0, 0.05) is 43.8 Å². The Bertz CT molecular complexity index is 1000. The molecule has 0 bridgehead atoms. The minimum atomic E-state index is -1.13. The van der Waals surface area contributed by atoms with Gasteiger partial charge in [-0.25, -0.2) is 9.78 Å². The van der Waals surface area contributed by atoms with E-state index >= 15 is 0 Å². The van der Waals surface area contributed by atoms with Gasteiger partial charge in [-0.2, -0.15) is 0 Å². The quantitative estimate of drug-likeness (QED) is 0.176. The fourth-order valence-corrected chi connectivity index (χ4v) is 4.89. The summed E-state index contributed by atoms with van der Waals surface area (Å²) in [6.45, 7) is 1.61. The first kappa shape index (κ1) is 32.1. The third-order valence-electron chi connectivity index (χ3n) is 6.38. The predicted molar refractivity (Wildman–Crippen MR) is 153 cm³/mol. The standard InChI is InChI=1S/C29H42N4O5S/c1-22(34)39-17-13-8-6-4-2-3-5-7-12-16-27(35)32-25(19-24-20-30-21-31-24)28(36)33-26(29(37)38)18-23-14-10-9-11-15-23/h9-11,14-15,20-21,25-26H,2-8,12-13,16-19H2,1H3,(H,30,31)(H,32,35)(H,33,36)(H,37,38)/t25-,26-/m0/s1. The van der Waals surface area contributed by atoms with Gasteiger partial charge in [0.25, 0.3) is 0 Å². The number of hydrogen-bond donors (Lipinski definition) is 4. The van der Waals surface area contributed by atoms with Crippen LogP contribution in [-0.4, -0.2) is 55.8 Å². The highest BCUT2D eigenvalue weighted by Crippen LogP contribution is 2.13. The number of imidazole rings is 1. The zero-order chi connectivity index (χ0) is 28.3. The first-order valence-electron chi connectivity index (χ1n) is 13.8. The van der Waals surface area contributed by atoms with Crippen molar-refractivity contribution in [3.8, 4) is 0 Å². The topological polar surface area (TPSA) is 141 Å². The van der Waals surface area contributed by atoms with Crippen LogP contribution in [0.15, 0.2) is 42.9 Å². The Kier molecular flexibility index (Phi) is 15.6. The zero-order valence-electron chi connectivity index (χ0n) is 22.8. The molecule has 2 amide bonds. The molecule has 4 N–H and O–H groups in total. The summed E-state index contributed by atoms with van der Waals surface area (Å²) in [6.07, 6.45) is 13.4. The molecule has 1 aromatic carbocycles. The second-order valence-corrected chi connectivity index (χ2v) is 11.0. The molecule has 0 radical (unpaired) electrons. The van der Waals surface area contributed by atoms with Crippen molar-refractivity contribution in [2.75, 3.05) is 5.75 Å². The van der Waals surface area contributed by atoms with E-state index in [2.05, 4.69) is 20.6 Å². The molecular formula is C29H42N4O5S. The predicted octanol–water partition coefficient (Wildman–Crippen LogP) is 4.43. The summed E-state index contributed by atoms with van der Waals surface area (Å²) in [4.78, 5) is 55.3.